The SMILES string of the molecule is COc1ccc(C(N)=S)c(OCCO)c1. The van der Waals surface area contributed by atoms with Gasteiger partial charge in [0.15, 0.2) is 0 Å². The van der Waals surface area contributed by atoms with E-state index >= 15 is 0 Å². The number of aliphatic hydroxyl groups excluding tert-OH is 1. The average Bonchev–Trinajstić information content (AvgIpc) is 2.25. The molecule has 0 heterocycles. The third-order valence-corrected chi connectivity index (χ3v) is 2.02. The minimum absolute atomic E-state index is 0.0615. The molecule has 0 bridgehead atoms. The van der Waals surface area contributed by atoms with Gasteiger partial charge >= 0.3 is 0 Å². The fraction of sp³-hybridized carbons (Fsp3) is 0.300. The predicted molar refractivity (Wildman–Crippen MR) is 61.5 cm³/mol. The summed E-state index contributed by atoms with van der Waals surface area (Å²) >= 11 is 4.87. The molecular weight excluding hydrogens is 214 g/mol. The van der Waals surface area contributed by atoms with Crippen molar-refractivity contribution in [2.24, 2.45) is 5.73 Å². The third kappa shape index (κ3) is 3.07. The number of methoxy groups -OCH3 is 1. The quantitative estimate of drug-likeness (QED) is 0.725. The van der Waals surface area contributed by atoms with Crippen LogP contribution in [0.1, 0.15) is 5.56 Å². The number of nitrogens with two attached hydrogens (primary N) is 1. The van der Waals surface area contributed by atoms with E-state index in [0.29, 0.717) is 17.1 Å². The summed E-state index contributed by atoms with van der Waals surface area (Å²) in [6.45, 7) is 0.136. The lowest BCUT2D eigenvalue weighted by molar-refractivity contribution is 0.200. The second-order valence-electron chi connectivity index (χ2n) is 2.80. The van der Waals surface area contributed by atoms with Crippen molar-refractivity contribution in [1.82, 2.24) is 0 Å². The first kappa shape index (κ1) is 11.7. The first-order chi connectivity index (χ1) is 7.19. The number of hydrogen-bond acceptors (Lipinski definition) is 4. The molecule has 82 valence electrons. The average molecular weight is 227 g/mol. The van der Waals surface area contributed by atoms with Crippen LogP contribution in [0.25, 0.3) is 0 Å². The summed E-state index contributed by atoms with van der Waals surface area (Å²) in [6, 6.07) is 5.17. The lowest BCUT2D eigenvalue weighted by Gasteiger charge is -2.11. The maximum atomic E-state index is 8.66. The second-order valence-corrected chi connectivity index (χ2v) is 3.24. The van der Waals surface area contributed by atoms with Gasteiger partial charge in [-0.15, -0.1) is 0 Å². The Morgan fingerprint density at radius 2 is 2.27 bits per heavy atom. The van der Waals surface area contributed by atoms with Crippen LogP contribution in [0.5, 0.6) is 11.5 Å². The van der Waals surface area contributed by atoms with Gasteiger partial charge in [0.2, 0.25) is 0 Å². The zero-order chi connectivity index (χ0) is 11.3. The number of benzene rings is 1. The molecule has 0 aliphatic heterocycles. The summed E-state index contributed by atoms with van der Waals surface area (Å²) in [7, 11) is 1.56. The smallest absolute Gasteiger partial charge is 0.133 e. The van der Waals surface area contributed by atoms with E-state index in [1.165, 1.54) is 0 Å². The first-order valence-electron chi connectivity index (χ1n) is 4.40. The third-order valence-electron chi connectivity index (χ3n) is 1.80. The Morgan fingerprint density at radius 3 is 2.80 bits per heavy atom. The molecule has 0 radical (unpaired) electrons. The second kappa shape index (κ2) is 5.53. The van der Waals surface area contributed by atoms with E-state index in [2.05, 4.69) is 0 Å². The van der Waals surface area contributed by atoms with Gasteiger partial charge in [-0.2, -0.15) is 0 Å². The molecule has 0 fully saturated rings. The Labute approximate surface area is 93.6 Å². The molecule has 3 N–H and O–H groups in total. The van der Waals surface area contributed by atoms with Gasteiger partial charge in [0.05, 0.1) is 19.3 Å². The van der Waals surface area contributed by atoms with Crippen LogP contribution in [0, 0.1) is 0 Å². The highest BCUT2D eigenvalue weighted by atomic mass is 32.1. The molecule has 4 nitrogen and oxygen atoms in total. The number of aliphatic hydroxyl groups is 1. The van der Waals surface area contributed by atoms with Crippen LogP contribution in [0.2, 0.25) is 0 Å². The normalized spacial score (nSPS) is 9.73. The van der Waals surface area contributed by atoms with Crippen LogP contribution < -0.4 is 15.2 Å². The molecule has 0 atom stereocenters. The molecule has 1 aromatic rings. The maximum Gasteiger partial charge on any atom is 0.133 e. The highest BCUT2D eigenvalue weighted by Gasteiger charge is 2.07. The van der Waals surface area contributed by atoms with Gasteiger partial charge in [-0.05, 0) is 12.1 Å². The molecule has 0 saturated heterocycles. The Morgan fingerprint density at radius 1 is 1.53 bits per heavy atom. The van der Waals surface area contributed by atoms with Crippen LogP contribution in [0.15, 0.2) is 18.2 Å². The Bertz CT molecular complexity index is 355. The first-order valence-corrected chi connectivity index (χ1v) is 4.81. The molecular formula is C10H13NO3S. The fourth-order valence-corrected chi connectivity index (χ4v) is 1.28. The molecule has 0 aromatic heterocycles. The molecule has 0 unspecified atom stereocenters. The van der Waals surface area contributed by atoms with Crippen molar-refractivity contribution in [3.05, 3.63) is 23.8 Å². The minimum atomic E-state index is -0.0615. The predicted octanol–water partition coefficient (Wildman–Crippen LogP) is 0.701. The van der Waals surface area contributed by atoms with Gasteiger partial charge in [-0.3, -0.25) is 0 Å². The molecule has 1 aromatic carbocycles. The van der Waals surface area contributed by atoms with Crippen molar-refractivity contribution in [3.8, 4) is 11.5 Å². The van der Waals surface area contributed by atoms with E-state index in [4.69, 9.17) is 32.5 Å². The summed E-state index contributed by atoms with van der Waals surface area (Å²) in [6.07, 6.45) is 0. The molecule has 0 spiro atoms. The molecule has 0 aliphatic rings. The Kier molecular flexibility index (Phi) is 4.33. The lowest BCUT2D eigenvalue weighted by atomic mass is 10.2. The number of ether oxygens (including phenoxy) is 2. The summed E-state index contributed by atoms with van der Waals surface area (Å²) in [5.41, 5.74) is 6.16. The summed E-state index contributed by atoms with van der Waals surface area (Å²) in [4.78, 5) is 0.255. The standard InChI is InChI=1S/C10H13NO3S/c1-13-7-2-3-8(10(11)15)9(6-7)14-5-4-12/h2-3,6,12H,4-5H2,1H3,(H2,11,15). The highest BCUT2D eigenvalue weighted by Crippen LogP contribution is 2.24. The van der Waals surface area contributed by atoms with Gasteiger partial charge < -0.3 is 20.3 Å². The Balaban J connectivity index is 2.99. The van der Waals surface area contributed by atoms with Crippen LogP contribution in [-0.4, -0.2) is 30.4 Å². The van der Waals surface area contributed by atoms with E-state index in [-0.39, 0.29) is 18.2 Å². The van der Waals surface area contributed by atoms with Crippen molar-refractivity contribution >= 4 is 17.2 Å². The molecule has 1 rings (SSSR count). The van der Waals surface area contributed by atoms with Crippen molar-refractivity contribution in [3.63, 3.8) is 0 Å². The topological polar surface area (TPSA) is 64.7 Å². The zero-order valence-corrected chi connectivity index (χ0v) is 9.21. The van der Waals surface area contributed by atoms with Crippen LogP contribution in [-0.2, 0) is 0 Å². The Hall–Kier alpha value is -1.33. The van der Waals surface area contributed by atoms with Crippen molar-refractivity contribution in [1.29, 1.82) is 0 Å². The van der Waals surface area contributed by atoms with Crippen LogP contribution in [0.3, 0.4) is 0 Å². The lowest BCUT2D eigenvalue weighted by Crippen LogP contribution is -2.13. The number of thiocarbonyl (C=S) groups is 1. The molecule has 0 saturated carbocycles. The van der Waals surface area contributed by atoms with Gasteiger partial charge in [0, 0.05) is 6.07 Å². The van der Waals surface area contributed by atoms with Crippen molar-refractivity contribution in [2.45, 2.75) is 0 Å². The van der Waals surface area contributed by atoms with Gasteiger partial charge in [0.25, 0.3) is 0 Å². The van der Waals surface area contributed by atoms with Crippen LogP contribution >= 0.6 is 12.2 Å². The highest BCUT2D eigenvalue weighted by molar-refractivity contribution is 7.80. The van der Waals surface area contributed by atoms with Crippen molar-refractivity contribution < 1.29 is 14.6 Å². The summed E-state index contributed by atoms with van der Waals surface area (Å²) < 4.78 is 10.3. The maximum absolute atomic E-state index is 8.66. The van der Waals surface area contributed by atoms with Crippen LogP contribution in [0.4, 0.5) is 0 Å². The van der Waals surface area contributed by atoms with E-state index in [1.54, 1.807) is 25.3 Å². The van der Waals surface area contributed by atoms with Crippen molar-refractivity contribution in [2.75, 3.05) is 20.3 Å². The number of hydrogen-bond donors (Lipinski definition) is 2. The minimum Gasteiger partial charge on any atom is -0.497 e. The fourth-order valence-electron chi connectivity index (χ4n) is 1.11. The summed E-state index contributed by atoms with van der Waals surface area (Å²) in [5.74, 6) is 1.18. The van der Waals surface area contributed by atoms with Gasteiger partial charge in [-0.1, -0.05) is 12.2 Å². The van der Waals surface area contributed by atoms with Gasteiger partial charge in [0.1, 0.15) is 23.1 Å². The molecule has 0 amide bonds. The van der Waals surface area contributed by atoms with E-state index in [9.17, 15) is 0 Å². The molecule has 5 heteroatoms. The number of rotatable bonds is 5. The molecule has 15 heavy (non-hydrogen) atoms. The zero-order valence-electron chi connectivity index (χ0n) is 8.40. The van der Waals surface area contributed by atoms with Gasteiger partial charge in [-0.25, -0.2) is 0 Å². The molecule has 0 aliphatic carbocycles. The monoisotopic (exact) mass is 227 g/mol. The van der Waals surface area contributed by atoms with E-state index < -0.39 is 0 Å². The van der Waals surface area contributed by atoms with E-state index in [0.717, 1.165) is 0 Å². The van der Waals surface area contributed by atoms with E-state index in [1.807, 2.05) is 0 Å². The largest absolute Gasteiger partial charge is 0.497 e. The summed E-state index contributed by atoms with van der Waals surface area (Å²) in [5, 5.41) is 8.66.